The first-order valence-corrected chi connectivity index (χ1v) is 7.36. The minimum absolute atomic E-state index is 0.108. The zero-order chi connectivity index (χ0) is 14.2. The van der Waals surface area contributed by atoms with Gasteiger partial charge in [0.2, 0.25) is 10.0 Å². The predicted molar refractivity (Wildman–Crippen MR) is 67.7 cm³/mol. The number of carbonyl (C=O) groups is 1. The Morgan fingerprint density at radius 1 is 1.42 bits per heavy atom. The van der Waals surface area contributed by atoms with Gasteiger partial charge in [-0.15, -0.1) is 0 Å². The second kappa shape index (κ2) is 4.82. The van der Waals surface area contributed by atoms with Gasteiger partial charge in [0.05, 0.1) is 4.90 Å². The van der Waals surface area contributed by atoms with E-state index in [9.17, 15) is 18.3 Å². The van der Waals surface area contributed by atoms with E-state index in [1.54, 1.807) is 0 Å². The van der Waals surface area contributed by atoms with Gasteiger partial charge in [-0.05, 0) is 43.4 Å². The van der Waals surface area contributed by atoms with Crippen molar-refractivity contribution < 1.29 is 23.4 Å². The van der Waals surface area contributed by atoms with Crippen molar-refractivity contribution in [2.45, 2.75) is 24.7 Å². The molecule has 1 aliphatic rings. The Kier molecular flexibility index (Phi) is 3.51. The van der Waals surface area contributed by atoms with Crippen molar-refractivity contribution in [1.82, 2.24) is 4.72 Å². The van der Waals surface area contributed by atoms with Crippen LogP contribution in [-0.4, -0.2) is 31.1 Å². The lowest BCUT2D eigenvalue weighted by atomic mass is 10.1. The molecule has 3 N–H and O–H groups in total. The molecule has 0 bridgehead atoms. The molecule has 2 rings (SSSR count). The fourth-order valence-electron chi connectivity index (χ4n) is 1.76. The molecule has 0 amide bonds. The zero-order valence-corrected chi connectivity index (χ0v) is 11.2. The van der Waals surface area contributed by atoms with Crippen LogP contribution in [0.5, 0.6) is 5.75 Å². The molecule has 0 aromatic heterocycles. The minimum Gasteiger partial charge on any atom is -0.507 e. The molecule has 0 radical (unpaired) electrons. The van der Waals surface area contributed by atoms with Gasteiger partial charge in [0.15, 0.2) is 0 Å². The maximum Gasteiger partial charge on any atom is 0.339 e. The topological polar surface area (TPSA) is 104 Å². The molecule has 104 valence electrons. The number of rotatable bonds is 5. The van der Waals surface area contributed by atoms with Crippen LogP contribution in [0, 0.1) is 12.8 Å². The van der Waals surface area contributed by atoms with Gasteiger partial charge in [0, 0.05) is 6.54 Å². The molecule has 0 atom stereocenters. The first-order chi connectivity index (χ1) is 8.81. The Bertz CT molecular complexity index is 619. The maximum atomic E-state index is 12.1. The summed E-state index contributed by atoms with van der Waals surface area (Å²) >= 11 is 0. The summed E-state index contributed by atoms with van der Waals surface area (Å²) in [6.45, 7) is 1.88. The van der Waals surface area contributed by atoms with Gasteiger partial charge in [-0.25, -0.2) is 17.9 Å². The first kappa shape index (κ1) is 13.8. The van der Waals surface area contributed by atoms with Gasteiger partial charge in [0.25, 0.3) is 0 Å². The number of carboxylic acid groups (broad SMARTS) is 1. The molecule has 1 fully saturated rings. The molecule has 0 saturated heterocycles. The van der Waals surface area contributed by atoms with Crippen LogP contribution in [0.1, 0.15) is 28.8 Å². The van der Waals surface area contributed by atoms with Crippen LogP contribution >= 0.6 is 0 Å². The maximum absolute atomic E-state index is 12.1. The first-order valence-electron chi connectivity index (χ1n) is 5.88. The molecule has 19 heavy (non-hydrogen) atoms. The number of hydrogen-bond acceptors (Lipinski definition) is 4. The average Bonchev–Trinajstić information content (AvgIpc) is 3.09. The van der Waals surface area contributed by atoms with Crippen LogP contribution in [0.3, 0.4) is 0 Å². The van der Waals surface area contributed by atoms with Crippen molar-refractivity contribution >= 4 is 16.0 Å². The lowest BCUT2D eigenvalue weighted by Gasteiger charge is -2.11. The van der Waals surface area contributed by atoms with Gasteiger partial charge < -0.3 is 10.2 Å². The van der Waals surface area contributed by atoms with Crippen LogP contribution in [0.4, 0.5) is 0 Å². The molecule has 6 nitrogen and oxygen atoms in total. The number of aromatic carboxylic acids is 1. The number of phenols is 1. The predicted octanol–water partition coefficient (Wildman–Crippen LogP) is 1.09. The smallest absolute Gasteiger partial charge is 0.339 e. The Hall–Kier alpha value is -1.60. The Balaban J connectivity index is 2.36. The average molecular weight is 285 g/mol. The van der Waals surface area contributed by atoms with Crippen LogP contribution in [-0.2, 0) is 10.0 Å². The SMILES string of the molecule is Cc1cc(O)c(C(=O)O)cc1S(=O)(=O)NCC1CC1. The standard InChI is InChI=1S/C12H15NO5S/c1-7-4-10(14)9(12(15)16)5-11(7)19(17,18)13-6-8-2-3-8/h4-5,8,13-14H,2-3,6H2,1H3,(H,15,16). The van der Waals surface area contributed by atoms with E-state index in [1.165, 1.54) is 6.92 Å². The fourth-order valence-corrected chi connectivity index (χ4v) is 3.13. The van der Waals surface area contributed by atoms with Crippen molar-refractivity contribution in [3.05, 3.63) is 23.3 Å². The van der Waals surface area contributed by atoms with Gasteiger partial charge in [-0.1, -0.05) is 0 Å². The summed E-state index contributed by atoms with van der Waals surface area (Å²) in [5.41, 5.74) is -0.108. The normalized spacial score (nSPS) is 15.4. The van der Waals surface area contributed by atoms with Gasteiger partial charge in [-0.2, -0.15) is 0 Å². The van der Waals surface area contributed by atoms with E-state index in [0.29, 0.717) is 18.0 Å². The van der Waals surface area contributed by atoms with Crippen molar-refractivity contribution in [2.24, 2.45) is 5.92 Å². The molecule has 1 aliphatic carbocycles. The largest absolute Gasteiger partial charge is 0.507 e. The number of hydrogen-bond donors (Lipinski definition) is 3. The van der Waals surface area contributed by atoms with Crippen LogP contribution < -0.4 is 4.72 Å². The molecule has 1 saturated carbocycles. The van der Waals surface area contributed by atoms with Crippen molar-refractivity contribution in [2.75, 3.05) is 6.54 Å². The summed E-state index contributed by atoms with van der Waals surface area (Å²) in [4.78, 5) is 10.8. The van der Waals surface area contributed by atoms with Crippen molar-refractivity contribution in [1.29, 1.82) is 0 Å². The minimum atomic E-state index is -3.74. The highest BCUT2D eigenvalue weighted by atomic mass is 32.2. The molecular formula is C12H15NO5S. The third kappa shape index (κ3) is 3.05. The summed E-state index contributed by atoms with van der Waals surface area (Å²) in [6, 6.07) is 2.14. The van der Waals surface area contributed by atoms with E-state index in [0.717, 1.165) is 25.0 Å². The third-order valence-corrected chi connectivity index (χ3v) is 4.64. The molecule has 0 unspecified atom stereocenters. The zero-order valence-electron chi connectivity index (χ0n) is 10.4. The van der Waals surface area contributed by atoms with Gasteiger partial charge in [0.1, 0.15) is 11.3 Å². The molecule has 0 aliphatic heterocycles. The van der Waals surface area contributed by atoms with E-state index in [-0.39, 0.29) is 4.90 Å². The van der Waals surface area contributed by atoms with Crippen LogP contribution in [0.2, 0.25) is 0 Å². The Morgan fingerprint density at radius 2 is 2.05 bits per heavy atom. The third-order valence-electron chi connectivity index (χ3n) is 3.07. The van der Waals surface area contributed by atoms with E-state index < -0.39 is 27.3 Å². The summed E-state index contributed by atoms with van der Waals surface area (Å²) in [6.07, 6.45) is 2.02. The fraction of sp³-hybridized carbons (Fsp3) is 0.417. The number of benzene rings is 1. The molecular weight excluding hydrogens is 270 g/mol. The van der Waals surface area contributed by atoms with Gasteiger partial charge >= 0.3 is 5.97 Å². The quantitative estimate of drug-likeness (QED) is 0.751. The second-order valence-electron chi connectivity index (χ2n) is 4.74. The van der Waals surface area contributed by atoms with E-state index in [4.69, 9.17) is 5.11 Å². The van der Waals surface area contributed by atoms with Crippen LogP contribution in [0.25, 0.3) is 0 Å². The molecule has 0 heterocycles. The summed E-state index contributed by atoms with van der Waals surface area (Å²) < 4.78 is 26.6. The highest BCUT2D eigenvalue weighted by Crippen LogP contribution is 2.29. The van der Waals surface area contributed by atoms with E-state index in [2.05, 4.69) is 4.72 Å². The monoisotopic (exact) mass is 285 g/mol. The molecule has 1 aromatic rings. The van der Waals surface area contributed by atoms with Crippen molar-refractivity contribution in [3.63, 3.8) is 0 Å². The lowest BCUT2D eigenvalue weighted by molar-refractivity contribution is 0.0693. The highest BCUT2D eigenvalue weighted by Gasteiger charge is 2.26. The number of carboxylic acids is 1. The number of sulfonamides is 1. The van der Waals surface area contributed by atoms with Crippen LogP contribution in [0.15, 0.2) is 17.0 Å². The van der Waals surface area contributed by atoms with E-state index in [1.807, 2.05) is 0 Å². The molecule has 7 heteroatoms. The molecule has 1 aromatic carbocycles. The molecule has 0 spiro atoms. The number of aryl methyl sites for hydroxylation is 1. The number of nitrogens with one attached hydrogen (secondary N) is 1. The number of aromatic hydroxyl groups is 1. The van der Waals surface area contributed by atoms with Crippen molar-refractivity contribution in [3.8, 4) is 5.75 Å². The summed E-state index contributed by atoms with van der Waals surface area (Å²) in [5.74, 6) is -1.42. The lowest BCUT2D eigenvalue weighted by Crippen LogP contribution is -2.26. The van der Waals surface area contributed by atoms with Gasteiger partial charge in [-0.3, -0.25) is 0 Å². The Morgan fingerprint density at radius 3 is 2.58 bits per heavy atom. The van der Waals surface area contributed by atoms with E-state index >= 15 is 0 Å². The summed E-state index contributed by atoms with van der Waals surface area (Å²) in [5, 5.41) is 18.4. The summed E-state index contributed by atoms with van der Waals surface area (Å²) in [7, 11) is -3.74. The Labute approximate surface area is 111 Å². The second-order valence-corrected chi connectivity index (χ2v) is 6.47. The highest BCUT2D eigenvalue weighted by molar-refractivity contribution is 7.89.